The van der Waals surface area contributed by atoms with Crippen molar-refractivity contribution in [3.8, 4) is 17.6 Å². The zero-order valence-corrected chi connectivity index (χ0v) is 12.2. The van der Waals surface area contributed by atoms with Crippen LogP contribution in [-0.2, 0) is 0 Å². The standard InChI is InChI=1S/C18H17NO2/c1-3-21-17-10-6-4-8-14(17)12-15(13-19)16-9-5-7-11-18(16)20-2/h4-12H,3H2,1-2H3/b15-12+. The Hall–Kier alpha value is -2.73. The van der Waals surface area contributed by atoms with E-state index in [2.05, 4.69) is 6.07 Å². The van der Waals surface area contributed by atoms with Crippen molar-refractivity contribution in [2.45, 2.75) is 6.92 Å². The minimum Gasteiger partial charge on any atom is -0.496 e. The van der Waals surface area contributed by atoms with Crippen LogP contribution in [0.25, 0.3) is 11.6 Å². The van der Waals surface area contributed by atoms with Gasteiger partial charge in [-0.15, -0.1) is 0 Å². The van der Waals surface area contributed by atoms with Gasteiger partial charge in [0.2, 0.25) is 0 Å². The summed E-state index contributed by atoms with van der Waals surface area (Å²) < 4.78 is 10.9. The van der Waals surface area contributed by atoms with Gasteiger partial charge in [-0.2, -0.15) is 5.26 Å². The van der Waals surface area contributed by atoms with Crippen LogP contribution in [0.4, 0.5) is 0 Å². The molecular formula is C18H17NO2. The summed E-state index contributed by atoms with van der Waals surface area (Å²) in [5.41, 5.74) is 2.19. The van der Waals surface area contributed by atoms with Gasteiger partial charge in [-0.3, -0.25) is 0 Å². The van der Waals surface area contributed by atoms with Gasteiger partial charge in [-0.1, -0.05) is 30.3 Å². The summed E-state index contributed by atoms with van der Waals surface area (Å²) >= 11 is 0. The first-order valence-corrected chi connectivity index (χ1v) is 6.77. The fraction of sp³-hybridized carbons (Fsp3) is 0.167. The quantitative estimate of drug-likeness (QED) is 0.609. The van der Waals surface area contributed by atoms with E-state index in [9.17, 15) is 5.26 Å². The van der Waals surface area contributed by atoms with Crippen LogP contribution < -0.4 is 9.47 Å². The summed E-state index contributed by atoms with van der Waals surface area (Å²) in [5.74, 6) is 1.45. The Bertz CT molecular complexity index is 684. The maximum Gasteiger partial charge on any atom is 0.127 e. The first kappa shape index (κ1) is 14.7. The highest BCUT2D eigenvalue weighted by Gasteiger charge is 2.09. The predicted molar refractivity (Wildman–Crippen MR) is 84.1 cm³/mol. The average molecular weight is 279 g/mol. The van der Waals surface area contributed by atoms with Crippen molar-refractivity contribution < 1.29 is 9.47 Å². The summed E-state index contributed by atoms with van der Waals surface area (Å²) in [6.45, 7) is 2.52. The topological polar surface area (TPSA) is 42.2 Å². The van der Waals surface area contributed by atoms with Crippen molar-refractivity contribution in [1.29, 1.82) is 5.26 Å². The van der Waals surface area contributed by atoms with E-state index in [1.165, 1.54) is 0 Å². The van der Waals surface area contributed by atoms with Gasteiger partial charge in [-0.25, -0.2) is 0 Å². The summed E-state index contributed by atoms with van der Waals surface area (Å²) in [7, 11) is 1.60. The molecule has 0 heterocycles. The monoisotopic (exact) mass is 279 g/mol. The van der Waals surface area contributed by atoms with Crippen LogP contribution in [-0.4, -0.2) is 13.7 Å². The molecule has 0 bridgehead atoms. The lowest BCUT2D eigenvalue weighted by molar-refractivity contribution is 0.339. The third-order valence-electron chi connectivity index (χ3n) is 3.04. The molecule has 2 rings (SSSR count). The van der Waals surface area contributed by atoms with Gasteiger partial charge in [0.1, 0.15) is 11.5 Å². The second-order valence-corrected chi connectivity index (χ2v) is 4.34. The molecule has 0 aliphatic carbocycles. The normalized spacial score (nSPS) is 10.8. The number of nitriles is 1. The highest BCUT2D eigenvalue weighted by Crippen LogP contribution is 2.29. The van der Waals surface area contributed by atoms with Crippen LogP contribution in [0.1, 0.15) is 18.1 Å². The fourth-order valence-electron chi connectivity index (χ4n) is 2.08. The van der Waals surface area contributed by atoms with Crippen LogP contribution in [0.3, 0.4) is 0 Å². The Morgan fingerprint density at radius 3 is 2.43 bits per heavy atom. The molecule has 0 aliphatic rings. The Morgan fingerprint density at radius 2 is 1.76 bits per heavy atom. The molecule has 3 nitrogen and oxygen atoms in total. The van der Waals surface area contributed by atoms with Gasteiger partial charge in [0.25, 0.3) is 0 Å². The van der Waals surface area contributed by atoms with Gasteiger partial charge >= 0.3 is 0 Å². The lowest BCUT2D eigenvalue weighted by Gasteiger charge is -2.09. The van der Waals surface area contributed by atoms with Crippen molar-refractivity contribution in [3.63, 3.8) is 0 Å². The lowest BCUT2D eigenvalue weighted by Crippen LogP contribution is -1.94. The predicted octanol–water partition coefficient (Wildman–Crippen LogP) is 4.16. The van der Waals surface area contributed by atoms with Gasteiger partial charge in [0.05, 0.1) is 25.4 Å². The van der Waals surface area contributed by atoms with Gasteiger partial charge < -0.3 is 9.47 Å². The SMILES string of the molecule is CCOc1ccccc1/C=C(\C#N)c1ccccc1OC. The van der Waals surface area contributed by atoms with Crippen molar-refractivity contribution in [2.75, 3.05) is 13.7 Å². The molecule has 0 radical (unpaired) electrons. The minimum absolute atomic E-state index is 0.541. The molecule has 0 aliphatic heterocycles. The smallest absolute Gasteiger partial charge is 0.127 e. The minimum atomic E-state index is 0.541. The second kappa shape index (κ2) is 7.16. The van der Waals surface area contributed by atoms with Crippen LogP contribution >= 0.6 is 0 Å². The van der Waals surface area contributed by atoms with Crippen LogP contribution in [0.15, 0.2) is 48.5 Å². The van der Waals surface area contributed by atoms with Crippen molar-refractivity contribution in [3.05, 3.63) is 59.7 Å². The summed E-state index contributed by atoms with van der Waals surface area (Å²) in [4.78, 5) is 0. The van der Waals surface area contributed by atoms with E-state index in [-0.39, 0.29) is 0 Å². The molecule has 2 aromatic carbocycles. The van der Waals surface area contributed by atoms with Gasteiger partial charge in [0.15, 0.2) is 0 Å². The van der Waals surface area contributed by atoms with Crippen molar-refractivity contribution >= 4 is 11.6 Å². The molecule has 0 spiro atoms. The van der Waals surface area contributed by atoms with Crippen LogP contribution in [0, 0.1) is 11.3 Å². The summed E-state index contributed by atoms with van der Waals surface area (Å²) in [6, 6.07) is 17.4. The van der Waals surface area contributed by atoms with E-state index in [0.717, 1.165) is 16.9 Å². The Balaban J connectivity index is 2.49. The number of hydrogen-bond acceptors (Lipinski definition) is 3. The third kappa shape index (κ3) is 3.43. The maximum atomic E-state index is 9.47. The number of rotatable bonds is 5. The molecule has 0 saturated heterocycles. The molecule has 0 unspecified atom stereocenters. The number of hydrogen-bond donors (Lipinski definition) is 0. The van der Waals surface area contributed by atoms with Crippen LogP contribution in [0.5, 0.6) is 11.5 Å². The average Bonchev–Trinajstić information content (AvgIpc) is 2.54. The van der Waals surface area contributed by atoms with E-state index < -0.39 is 0 Å². The third-order valence-corrected chi connectivity index (χ3v) is 3.04. The van der Waals surface area contributed by atoms with Crippen LogP contribution in [0.2, 0.25) is 0 Å². The number of allylic oxidation sites excluding steroid dienone is 1. The molecule has 21 heavy (non-hydrogen) atoms. The Kier molecular flexibility index (Phi) is 5.00. The second-order valence-electron chi connectivity index (χ2n) is 4.34. The molecule has 0 fully saturated rings. The molecule has 2 aromatic rings. The van der Waals surface area contributed by atoms with Gasteiger partial charge in [-0.05, 0) is 31.2 Å². The maximum absolute atomic E-state index is 9.47. The molecular weight excluding hydrogens is 262 g/mol. The molecule has 3 heteroatoms. The molecule has 106 valence electrons. The van der Waals surface area contributed by atoms with E-state index in [4.69, 9.17) is 9.47 Å². The highest BCUT2D eigenvalue weighted by molar-refractivity contribution is 5.92. The zero-order chi connectivity index (χ0) is 15.1. The molecule has 0 N–H and O–H groups in total. The van der Waals surface area contributed by atoms with Crippen molar-refractivity contribution in [2.24, 2.45) is 0 Å². The van der Waals surface area contributed by atoms with E-state index >= 15 is 0 Å². The zero-order valence-electron chi connectivity index (χ0n) is 12.2. The Labute approximate surface area is 125 Å². The molecule has 0 aromatic heterocycles. The molecule has 0 saturated carbocycles. The van der Waals surface area contributed by atoms with Crippen molar-refractivity contribution in [1.82, 2.24) is 0 Å². The first-order chi connectivity index (χ1) is 10.3. The number of ether oxygens (including phenoxy) is 2. The van der Waals surface area contributed by atoms with E-state index in [0.29, 0.717) is 17.9 Å². The first-order valence-electron chi connectivity index (χ1n) is 6.77. The lowest BCUT2D eigenvalue weighted by atomic mass is 10.0. The Morgan fingerprint density at radius 1 is 1.10 bits per heavy atom. The fourth-order valence-corrected chi connectivity index (χ4v) is 2.08. The summed E-state index contributed by atoms with van der Waals surface area (Å²) in [5, 5.41) is 9.47. The summed E-state index contributed by atoms with van der Waals surface area (Å²) in [6.07, 6.45) is 1.82. The number of para-hydroxylation sites is 2. The van der Waals surface area contributed by atoms with E-state index in [1.54, 1.807) is 7.11 Å². The number of benzene rings is 2. The largest absolute Gasteiger partial charge is 0.496 e. The molecule has 0 atom stereocenters. The molecule has 0 amide bonds. The number of nitrogens with zero attached hydrogens (tertiary/aromatic N) is 1. The van der Waals surface area contributed by atoms with Gasteiger partial charge in [0, 0.05) is 11.1 Å². The number of methoxy groups -OCH3 is 1. The highest BCUT2D eigenvalue weighted by atomic mass is 16.5. The van der Waals surface area contributed by atoms with E-state index in [1.807, 2.05) is 61.5 Å².